The van der Waals surface area contributed by atoms with Gasteiger partial charge in [0.15, 0.2) is 6.61 Å². The van der Waals surface area contributed by atoms with Crippen LogP contribution in [-0.4, -0.2) is 57.6 Å². The number of furan rings is 1. The predicted molar refractivity (Wildman–Crippen MR) is 106 cm³/mol. The van der Waals surface area contributed by atoms with E-state index in [0.29, 0.717) is 19.0 Å². The monoisotopic (exact) mass is 457 g/mol. The van der Waals surface area contributed by atoms with E-state index in [2.05, 4.69) is 10.6 Å². The number of morpholine rings is 1. The molecule has 0 unspecified atom stereocenters. The highest BCUT2D eigenvalue weighted by Crippen LogP contribution is 2.29. The lowest BCUT2D eigenvalue weighted by Crippen LogP contribution is -2.41. The Bertz CT molecular complexity index is 989. The average Bonchev–Trinajstić information content (AvgIpc) is 3.25. The number of amides is 3. The van der Waals surface area contributed by atoms with Crippen LogP contribution < -0.4 is 15.4 Å². The zero-order valence-electron chi connectivity index (χ0n) is 15.8. The largest absolute Gasteiger partial charge is 0.482 e. The molecule has 30 heavy (non-hydrogen) atoms. The molecular formula is C18H20ClN3O7S. The molecule has 12 heteroatoms. The molecule has 2 heterocycles. The Morgan fingerprint density at radius 1 is 1.20 bits per heavy atom. The molecular weight excluding hydrogens is 438 g/mol. The summed E-state index contributed by atoms with van der Waals surface area (Å²) in [6.45, 7) is 0.832. The van der Waals surface area contributed by atoms with Crippen molar-refractivity contribution in [1.82, 2.24) is 14.9 Å². The maximum Gasteiger partial charge on any atom is 0.321 e. The van der Waals surface area contributed by atoms with Gasteiger partial charge in [-0.15, -0.1) is 0 Å². The van der Waals surface area contributed by atoms with Crippen molar-refractivity contribution >= 4 is 33.6 Å². The molecule has 2 N–H and O–H groups in total. The third kappa shape index (κ3) is 5.72. The maximum atomic E-state index is 12.6. The summed E-state index contributed by atoms with van der Waals surface area (Å²) in [6, 6.07) is 6.61. The Morgan fingerprint density at radius 2 is 1.97 bits per heavy atom. The fraction of sp³-hybridized carbons (Fsp3) is 0.333. The summed E-state index contributed by atoms with van der Waals surface area (Å²) in [4.78, 5) is 23.6. The molecule has 0 aliphatic carbocycles. The van der Waals surface area contributed by atoms with E-state index in [4.69, 9.17) is 25.5 Å². The van der Waals surface area contributed by atoms with Gasteiger partial charge in [-0.1, -0.05) is 11.6 Å². The summed E-state index contributed by atoms with van der Waals surface area (Å²) in [6.07, 6.45) is 1.47. The van der Waals surface area contributed by atoms with Crippen LogP contribution in [0.2, 0.25) is 5.02 Å². The molecule has 162 valence electrons. The van der Waals surface area contributed by atoms with Crippen molar-refractivity contribution in [2.75, 3.05) is 32.9 Å². The van der Waals surface area contributed by atoms with Crippen LogP contribution in [0, 0.1) is 0 Å². The molecule has 1 aliphatic rings. The summed E-state index contributed by atoms with van der Waals surface area (Å²) in [5, 5.41) is 4.58. The molecule has 3 amide bonds. The predicted octanol–water partition coefficient (Wildman–Crippen LogP) is 1.36. The summed E-state index contributed by atoms with van der Waals surface area (Å²) >= 11 is 6.12. The van der Waals surface area contributed by atoms with Gasteiger partial charge >= 0.3 is 6.03 Å². The first-order valence-electron chi connectivity index (χ1n) is 8.96. The van der Waals surface area contributed by atoms with E-state index >= 15 is 0 Å². The lowest BCUT2D eigenvalue weighted by Gasteiger charge is -2.26. The van der Waals surface area contributed by atoms with Crippen molar-refractivity contribution < 1.29 is 31.9 Å². The van der Waals surface area contributed by atoms with Crippen molar-refractivity contribution in [2.24, 2.45) is 0 Å². The molecule has 10 nitrogen and oxygen atoms in total. The Morgan fingerprint density at radius 3 is 2.63 bits per heavy atom. The SMILES string of the molecule is O=C(COc1ccc(S(=O)(=O)N2CCOCC2)cc1Cl)NC(=O)NCc1ccco1. The Hall–Kier alpha value is -2.60. The molecule has 0 radical (unpaired) electrons. The normalized spacial score (nSPS) is 14.8. The Kier molecular flexibility index (Phi) is 7.32. The molecule has 0 atom stereocenters. The quantitative estimate of drug-likeness (QED) is 0.642. The lowest BCUT2D eigenvalue weighted by molar-refractivity contribution is -0.122. The number of hydrogen-bond donors (Lipinski definition) is 2. The first-order chi connectivity index (χ1) is 14.4. The van der Waals surface area contributed by atoms with Crippen LogP contribution in [-0.2, 0) is 26.1 Å². The van der Waals surface area contributed by atoms with Gasteiger partial charge < -0.3 is 19.2 Å². The van der Waals surface area contributed by atoms with Crippen LogP contribution in [0.15, 0.2) is 45.9 Å². The lowest BCUT2D eigenvalue weighted by atomic mass is 10.3. The van der Waals surface area contributed by atoms with E-state index in [1.807, 2.05) is 0 Å². The zero-order valence-corrected chi connectivity index (χ0v) is 17.4. The molecule has 1 aromatic heterocycles. The van der Waals surface area contributed by atoms with Crippen LogP contribution in [0.1, 0.15) is 5.76 Å². The first kappa shape index (κ1) is 22.1. The minimum absolute atomic E-state index is 0.0171. The topological polar surface area (TPSA) is 127 Å². The highest BCUT2D eigenvalue weighted by molar-refractivity contribution is 7.89. The van der Waals surface area contributed by atoms with Gasteiger partial charge in [0.25, 0.3) is 5.91 Å². The van der Waals surface area contributed by atoms with Crippen molar-refractivity contribution in [3.63, 3.8) is 0 Å². The number of halogens is 1. The number of carbonyl (C=O) groups excluding carboxylic acids is 2. The highest BCUT2D eigenvalue weighted by atomic mass is 35.5. The first-order valence-corrected chi connectivity index (χ1v) is 10.8. The van der Waals surface area contributed by atoms with Gasteiger partial charge in [0.05, 0.1) is 35.9 Å². The molecule has 0 bridgehead atoms. The number of ether oxygens (including phenoxy) is 2. The van der Waals surface area contributed by atoms with Crippen LogP contribution in [0.5, 0.6) is 5.75 Å². The van der Waals surface area contributed by atoms with E-state index in [0.717, 1.165) is 0 Å². The number of urea groups is 1. The molecule has 0 spiro atoms. The van der Waals surface area contributed by atoms with Crippen molar-refractivity contribution in [3.05, 3.63) is 47.4 Å². The van der Waals surface area contributed by atoms with Crippen LogP contribution in [0.25, 0.3) is 0 Å². The zero-order chi connectivity index (χ0) is 21.6. The highest BCUT2D eigenvalue weighted by Gasteiger charge is 2.27. The molecule has 1 fully saturated rings. The third-order valence-corrected chi connectivity index (χ3v) is 6.32. The van der Waals surface area contributed by atoms with Crippen LogP contribution in [0.4, 0.5) is 4.79 Å². The molecule has 2 aromatic rings. The van der Waals surface area contributed by atoms with E-state index in [1.165, 1.54) is 28.8 Å². The van der Waals surface area contributed by atoms with Gasteiger partial charge in [-0.3, -0.25) is 10.1 Å². The van der Waals surface area contributed by atoms with Crippen LogP contribution >= 0.6 is 11.6 Å². The standard InChI is InChI=1S/C18H20ClN3O7S/c19-15-10-14(30(25,26)22-5-8-27-9-6-22)3-4-16(15)29-12-17(23)21-18(24)20-11-13-2-1-7-28-13/h1-4,7,10H,5-6,8-9,11-12H2,(H2,20,21,23,24). The van der Waals surface area contributed by atoms with Crippen molar-refractivity contribution in [2.45, 2.75) is 11.4 Å². The molecule has 1 aliphatic heterocycles. The number of rotatable bonds is 7. The van der Waals surface area contributed by atoms with Crippen LogP contribution in [0.3, 0.4) is 0 Å². The summed E-state index contributed by atoms with van der Waals surface area (Å²) in [5.41, 5.74) is 0. The van der Waals surface area contributed by atoms with Crippen molar-refractivity contribution in [3.8, 4) is 5.75 Å². The Labute approximate surface area is 178 Å². The molecule has 1 saturated heterocycles. The molecule has 0 saturated carbocycles. The van der Waals surface area contributed by atoms with Gasteiger partial charge in [-0.05, 0) is 30.3 Å². The fourth-order valence-electron chi connectivity index (χ4n) is 2.63. The molecule has 3 rings (SSSR count). The number of nitrogens with zero attached hydrogens (tertiary/aromatic N) is 1. The van der Waals surface area contributed by atoms with Gasteiger partial charge in [-0.25, -0.2) is 13.2 Å². The van der Waals surface area contributed by atoms with E-state index in [9.17, 15) is 18.0 Å². The number of imide groups is 1. The fourth-order valence-corrected chi connectivity index (χ4v) is 4.36. The van der Waals surface area contributed by atoms with E-state index < -0.39 is 28.6 Å². The maximum absolute atomic E-state index is 12.6. The van der Waals surface area contributed by atoms with Gasteiger partial charge in [0, 0.05) is 13.1 Å². The van der Waals surface area contributed by atoms with Gasteiger partial charge in [-0.2, -0.15) is 4.31 Å². The van der Waals surface area contributed by atoms with E-state index in [1.54, 1.807) is 12.1 Å². The van der Waals surface area contributed by atoms with Gasteiger partial charge in [0.1, 0.15) is 11.5 Å². The third-order valence-electron chi connectivity index (χ3n) is 4.13. The number of hydrogen-bond acceptors (Lipinski definition) is 7. The van der Waals surface area contributed by atoms with Gasteiger partial charge in [0.2, 0.25) is 10.0 Å². The summed E-state index contributed by atoms with van der Waals surface area (Å²) < 4.78 is 42.1. The number of sulfonamides is 1. The van der Waals surface area contributed by atoms with Crippen molar-refractivity contribution in [1.29, 1.82) is 0 Å². The summed E-state index contributed by atoms with van der Waals surface area (Å²) in [7, 11) is -3.70. The Balaban J connectivity index is 1.51. The average molecular weight is 458 g/mol. The number of nitrogens with one attached hydrogen (secondary N) is 2. The smallest absolute Gasteiger partial charge is 0.321 e. The number of carbonyl (C=O) groups is 2. The minimum atomic E-state index is -3.70. The second-order valence-electron chi connectivity index (χ2n) is 6.21. The minimum Gasteiger partial charge on any atom is -0.482 e. The second-order valence-corrected chi connectivity index (χ2v) is 8.55. The van der Waals surface area contributed by atoms with E-state index in [-0.39, 0.29) is 35.3 Å². The number of benzene rings is 1. The molecule has 1 aromatic carbocycles. The second kappa shape index (κ2) is 9.94. The summed E-state index contributed by atoms with van der Waals surface area (Å²) in [5.74, 6) is -0.0514.